The number of hydrogen-bond donors (Lipinski definition) is 3. The Hall–Kier alpha value is -2.81. The number of dihydropyridines is 2. The minimum absolute atomic E-state index is 0.437. The molecule has 0 aromatic heterocycles. The van der Waals surface area contributed by atoms with Crippen molar-refractivity contribution in [3.63, 3.8) is 0 Å². The predicted octanol–water partition coefficient (Wildman–Crippen LogP) is 3.80. The third-order valence-corrected chi connectivity index (χ3v) is 7.71. The molecular weight excluding hydrogens is 470 g/mol. The number of halogens is 2. The summed E-state index contributed by atoms with van der Waals surface area (Å²) in [6.07, 6.45) is 9.95. The molecule has 6 nitrogen and oxygen atoms in total. The van der Waals surface area contributed by atoms with Gasteiger partial charge in [-0.2, -0.15) is 0 Å². The van der Waals surface area contributed by atoms with Crippen LogP contribution in [0.2, 0.25) is 0 Å². The van der Waals surface area contributed by atoms with Gasteiger partial charge in [0, 0.05) is 51.5 Å². The molecule has 0 radical (unpaired) electrons. The van der Waals surface area contributed by atoms with Crippen molar-refractivity contribution in [2.75, 3.05) is 39.3 Å². The molecule has 3 heterocycles. The minimum Gasteiger partial charge on any atom is -0.383 e. The highest BCUT2D eigenvalue weighted by Crippen LogP contribution is 2.34. The maximum Gasteiger partial charge on any atom is 0.159 e. The first kappa shape index (κ1) is 27.2. The van der Waals surface area contributed by atoms with E-state index in [4.69, 9.17) is 10.7 Å². The summed E-state index contributed by atoms with van der Waals surface area (Å²) in [5, 5.41) is 7.00. The van der Waals surface area contributed by atoms with Crippen molar-refractivity contribution in [1.29, 1.82) is 0 Å². The smallest absolute Gasteiger partial charge is 0.159 e. The quantitative estimate of drug-likeness (QED) is 0.497. The number of piperazine rings is 1. The first-order valence-corrected chi connectivity index (χ1v) is 13.1. The van der Waals surface area contributed by atoms with Gasteiger partial charge in [0.2, 0.25) is 0 Å². The number of rotatable bonds is 8. The largest absolute Gasteiger partial charge is 0.383 e. The van der Waals surface area contributed by atoms with E-state index in [0.717, 1.165) is 68.4 Å². The second-order valence-electron chi connectivity index (χ2n) is 10.7. The van der Waals surface area contributed by atoms with Gasteiger partial charge in [0.25, 0.3) is 0 Å². The lowest BCUT2D eigenvalue weighted by atomic mass is 9.80. The zero-order valence-electron chi connectivity index (χ0n) is 22.6. The van der Waals surface area contributed by atoms with Gasteiger partial charge in [-0.3, -0.25) is 14.8 Å². The van der Waals surface area contributed by atoms with Gasteiger partial charge in [-0.05, 0) is 70.0 Å². The summed E-state index contributed by atoms with van der Waals surface area (Å²) in [5.74, 6) is -1.81. The molecule has 8 heteroatoms. The molecule has 0 bridgehead atoms. The van der Waals surface area contributed by atoms with Crippen LogP contribution in [0.4, 0.5) is 8.78 Å². The Morgan fingerprint density at radius 2 is 1.97 bits per heavy atom. The van der Waals surface area contributed by atoms with Gasteiger partial charge in [-0.25, -0.2) is 8.78 Å². The predicted molar refractivity (Wildman–Crippen MR) is 147 cm³/mol. The lowest BCUT2D eigenvalue weighted by molar-refractivity contribution is 0.110. The van der Waals surface area contributed by atoms with Crippen molar-refractivity contribution >= 4 is 5.71 Å². The highest BCUT2D eigenvalue weighted by atomic mass is 19.2. The summed E-state index contributed by atoms with van der Waals surface area (Å²) >= 11 is 0. The van der Waals surface area contributed by atoms with Crippen LogP contribution in [0.1, 0.15) is 40.2 Å². The van der Waals surface area contributed by atoms with Gasteiger partial charge in [0.05, 0.1) is 28.2 Å². The Morgan fingerprint density at radius 3 is 2.62 bits per heavy atom. The van der Waals surface area contributed by atoms with Crippen LogP contribution < -0.4 is 16.4 Å². The molecule has 0 spiro atoms. The summed E-state index contributed by atoms with van der Waals surface area (Å²) in [6, 6.07) is 4.39. The number of fused-ring (bicyclic) bond motifs is 1. The van der Waals surface area contributed by atoms with Crippen LogP contribution in [-0.4, -0.2) is 66.4 Å². The number of nitrogens with one attached hydrogen (secondary N) is 2. The summed E-state index contributed by atoms with van der Waals surface area (Å²) in [4.78, 5) is 9.99. The second-order valence-corrected chi connectivity index (χ2v) is 10.7. The molecule has 2 unspecified atom stereocenters. The van der Waals surface area contributed by atoms with E-state index in [-0.39, 0.29) is 0 Å². The Balaban J connectivity index is 1.45. The molecule has 1 aromatic carbocycles. The summed E-state index contributed by atoms with van der Waals surface area (Å²) in [6.45, 7) is 16.5. The summed E-state index contributed by atoms with van der Waals surface area (Å²) in [7, 11) is 0. The summed E-state index contributed by atoms with van der Waals surface area (Å²) < 4.78 is 27.5. The molecule has 1 aromatic rings. The number of allylic oxidation sites excluding steroid dienone is 3. The molecule has 200 valence electrons. The SMILES string of the molecule is C/C=C(/C1=NC2=CC(NCCN3CCN(C(C)C)CC3)=CNC2(C)C=C1)C(C)(N)c1ccc(F)c(F)c1. The normalized spacial score (nSPS) is 24.6. The number of hydrogen-bond acceptors (Lipinski definition) is 6. The highest BCUT2D eigenvalue weighted by Gasteiger charge is 2.35. The maximum atomic E-state index is 14.0. The van der Waals surface area contributed by atoms with Crippen LogP contribution in [0.15, 0.2) is 70.7 Å². The van der Waals surface area contributed by atoms with E-state index < -0.39 is 22.7 Å². The second kappa shape index (κ2) is 10.9. The Morgan fingerprint density at radius 1 is 1.24 bits per heavy atom. The molecule has 1 saturated heterocycles. The number of nitrogens with two attached hydrogens (primary N) is 1. The van der Waals surface area contributed by atoms with Gasteiger partial charge >= 0.3 is 0 Å². The fraction of sp³-hybridized carbons (Fsp3) is 0.483. The molecule has 3 aliphatic heterocycles. The van der Waals surface area contributed by atoms with Crippen molar-refractivity contribution in [1.82, 2.24) is 20.4 Å². The average Bonchev–Trinajstić information content (AvgIpc) is 2.86. The number of nitrogens with zero attached hydrogens (tertiary/aromatic N) is 3. The molecule has 37 heavy (non-hydrogen) atoms. The first-order chi connectivity index (χ1) is 17.5. The molecule has 4 rings (SSSR count). The third kappa shape index (κ3) is 5.87. The van der Waals surface area contributed by atoms with Crippen LogP contribution in [0.5, 0.6) is 0 Å². The van der Waals surface area contributed by atoms with E-state index in [1.807, 2.05) is 25.3 Å². The Bertz CT molecular complexity index is 1150. The Labute approximate surface area is 219 Å². The molecule has 0 aliphatic carbocycles. The third-order valence-electron chi connectivity index (χ3n) is 7.71. The van der Waals surface area contributed by atoms with Crippen LogP contribution in [-0.2, 0) is 5.54 Å². The van der Waals surface area contributed by atoms with E-state index in [9.17, 15) is 8.78 Å². The fourth-order valence-electron chi connectivity index (χ4n) is 5.14. The zero-order chi connectivity index (χ0) is 26.8. The lowest BCUT2D eigenvalue weighted by Gasteiger charge is -2.37. The first-order valence-electron chi connectivity index (χ1n) is 13.1. The maximum absolute atomic E-state index is 14.0. The van der Waals surface area contributed by atoms with E-state index in [2.05, 4.69) is 53.4 Å². The van der Waals surface area contributed by atoms with E-state index in [0.29, 0.717) is 17.3 Å². The van der Waals surface area contributed by atoms with Crippen LogP contribution in [0.3, 0.4) is 0 Å². The van der Waals surface area contributed by atoms with Crippen LogP contribution in [0.25, 0.3) is 0 Å². The Kier molecular flexibility index (Phi) is 8.02. The van der Waals surface area contributed by atoms with Gasteiger partial charge in [-0.1, -0.05) is 18.2 Å². The van der Waals surface area contributed by atoms with Crippen molar-refractivity contribution in [3.8, 4) is 0 Å². The molecule has 1 fully saturated rings. The topological polar surface area (TPSA) is 68.9 Å². The van der Waals surface area contributed by atoms with Crippen LogP contribution >= 0.6 is 0 Å². The van der Waals surface area contributed by atoms with Crippen molar-refractivity contribution in [2.24, 2.45) is 10.7 Å². The zero-order valence-corrected chi connectivity index (χ0v) is 22.6. The monoisotopic (exact) mass is 510 g/mol. The van der Waals surface area contributed by atoms with E-state index in [1.54, 1.807) is 6.92 Å². The minimum atomic E-state index is -1.06. The molecular formula is C29H40F2N6. The standard InChI is InChI=1S/C29H40F2N6/c1-6-23(29(5,32)21-7-8-24(30)25(31)17-21)26-9-10-28(4)27(35-26)18-22(19-34-28)33-11-12-36-13-15-37(16-14-36)20(2)3/h6-10,17-20,33-34H,11-16,32H2,1-5H3/b23-6-. The highest BCUT2D eigenvalue weighted by molar-refractivity contribution is 6.11. The van der Waals surface area contributed by atoms with E-state index in [1.165, 1.54) is 6.07 Å². The van der Waals surface area contributed by atoms with Gasteiger partial charge in [0.1, 0.15) is 0 Å². The van der Waals surface area contributed by atoms with Gasteiger partial charge in [0.15, 0.2) is 11.6 Å². The van der Waals surface area contributed by atoms with E-state index >= 15 is 0 Å². The van der Waals surface area contributed by atoms with Crippen molar-refractivity contribution < 1.29 is 8.78 Å². The number of benzene rings is 1. The van der Waals surface area contributed by atoms with Crippen LogP contribution in [0, 0.1) is 11.6 Å². The molecule has 3 aliphatic rings. The fourth-order valence-corrected chi connectivity index (χ4v) is 5.14. The molecule has 4 N–H and O–H groups in total. The number of aliphatic imine (C=N–C) groups is 1. The lowest BCUT2D eigenvalue weighted by Crippen LogP contribution is -2.50. The molecule has 2 atom stereocenters. The van der Waals surface area contributed by atoms with Gasteiger partial charge < -0.3 is 16.4 Å². The van der Waals surface area contributed by atoms with Crippen molar-refractivity contribution in [2.45, 2.75) is 51.7 Å². The average molecular weight is 511 g/mol. The molecule has 0 amide bonds. The van der Waals surface area contributed by atoms with Crippen molar-refractivity contribution in [3.05, 3.63) is 82.9 Å². The summed E-state index contributed by atoms with van der Waals surface area (Å²) in [5.41, 5.74) is 8.96. The van der Waals surface area contributed by atoms with Gasteiger partial charge in [-0.15, -0.1) is 0 Å². The molecule has 0 saturated carbocycles.